The maximum absolute atomic E-state index is 11.6. The van der Waals surface area contributed by atoms with E-state index in [-0.39, 0.29) is 5.92 Å². The quantitative estimate of drug-likeness (QED) is 0.918. The smallest absolute Gasteiger partial charge is 0.211 e. The van der Waals surface area contributed by atoms with Gasteiger partial charge in [0.05, 0.1) is 11.9 Å². The molecule has 0 amide bonds. The first-order valence-electron chi connectivity index (χ1n) is 7.16. The molecule has 1 N–H and O–H groups in total. The van der Waals surface area contributed by atoms with Crippen LogP contribution in [-0.4, -0.2) is 52.2 Å². The lowest BCUT2D eigenvalue weighted by atomic mass is 10.1. The van der Waals surface area contributed by atoms with Gasteiger partial charge in [-0.05, 0) is 32.4 Å². The van der Waals surface area contributed by atoms with E-state index in [1.165, 1.54) is 10.6 Å². The number of aromatic nitrogens is 4. The number of nitrogens with zero attached hydrogens (tertiary/aromatic N) is 4. The molecule has 1 aliphatic heterocycles. The first-order valence-corrected chi connectivity index (χ1v) is 9.01. The highest BCUT2D eigenvalue weighted by Crippen LogP contribution is 2.28. The van der Waals surface area contributed by atoms with Gasteiger partial charge < -0.3 is 0 Å². The van der Waals surface area contributed by atoms with Crippen LogP contribution in [0, 0.1) is 13.8 Å². The molecular weight excluding hydrogens is 302 g/mol. The van der Waals surface area contributed by atoms with Crippen molar-refractivity contribution in [3.8, 4) is 11.4 Å². The zero-order chi connectivity index (χ0) is 15.9. The Balaban J connectivity index is 1.91. The van der Waals surface area contributed by atoms with E-state index in [0.717, 1.165) is 29.2 Å². The fourth-order valence-corrected chi connectivity index (χ4v) is 3.58. The number of nitrogens with one attached hydrogen (secondary N) is 1. The van der Waals surface area contributed by atoms with E-state index in [2.05, 4.69) is 20.2 Å². The van der Waals surface area contributed by atoms with Crippen LogP contribution in [0.15, 0.2) is 12.1 Å². The Morgan fingerprint density at radius 1 is 1.23 bits per heavy atom. The Kier molecular flexibility index (Phi) is 3.73. The maximum atomic E-state index is 11.6. The van der Waals surface area contributed by atoms with Crippen molar-refractivity contribution in [3.63, 3.8) is 0 Å². The standard InChI is InChI=1S/C14H19N5O2S/c1-9-6-12(13-7-10(2)17-18-13)16-14(15-9)11-4-5-19(8-11)22(3,20)21/h6-7,11H,4-5,8H2,1-3H3,(H,17,18)/t11-/m1/s1. The Bertz CT molecular complexity index is 799. The average molecular weight is 321 g/mol. The molecule has 2 aromatic heterocycles. The second-order valence-electron chi connectivity index (χ2n) is 5.80. The van der Waals surface area contributed by atoms with Crippen molar-refractivity contribution < 1.29 is 8.42 Å². The van der Waals surface area contributed by atoms with Gasteiger partial charge in [-0.3, -0.25) is 5.10 Å². The number of hydrogen-bond acceptors (Lipinski definition) is 5. The SMILES string of the molecule is Cc1cc(-c2cc(C)[nH]n2)nc([C@@H]2CCN(S(C)(=O)=O)C2)n1. The summed E-state index contributed by atoms with van der Waals surface area (Å²) in [7, 11) is -3.15. The van der Waals surface area contributed by atoms with Crippen molar-refractivity contribution in [2.45, 2.75) is 26.2 Å². The Morgan fingerprint density at radius 2 is 2.00 bits per heavy atom. The summed E-state index contributed by atoms with van der Waals surface area (Å²) in [6, 6.07) is 3.82. The van der Waals surface area contributed by atoms with Crippen LogP contribution in [0.25, 0.3) is 11.4 Å². The molecule has 118 valence electrons. The number of H-pyrrole nitrogens is 1. The van der Waals surface area contributed by atoms with Gasteiger partial charge in [0.1, 0.15) is 11.5 Å². The van der Waals surface area contributed by atoms with Crippen molar-refractivity contribution in [2.24, 2.45) is 0 Å². The molecule has 0 radical (unpaired) electrons. The predicted molar refractivity (Wildman–Crippen MR) is 82.9 cm³/mol. The molecule has 2 aromatic rings. The summed E-state index contributed by atoms with van der Waals surface area (Å²) in [5.41, 5.74) is 3.38. The lowest BCUT2D eigenvalue weighted by Crippen LogP contribution is -2.27. The summed E-state index contributed by atoms with van der Waals surface area (Å²) in [5, 5.41) is 7.13. The van der Waals surface area contributed by atoms with E-state index >= 15 is 0 Å². The maximum Gasteiger partial charge on any atom is 0.211 e. The molecule has 0 aromatic carbocycles. The normalized spacial score (nSPS) is 19.7. The third-order valence-electron chi connectivity index (χ3n) is 3.83. The van der Waals surface area contributed by atoms with Crippen molar-refractivity contribution in [2.75, 3.05) is 19.3 Å². The van der Waals surface area contributed by atoms with Gasteiger partial charge in [0.25, 0.3) is 0 Å². The average Bonchev–Trinajstić information content (AvgIpc) is 3.05. The van der Waals surface area contributed by atoms with Crippen LogP contribution in [0.2, 0.25) is 0 Å². The second kappa shape index (κ2) is 5.44. The van der Waals surface area contributed by atoms with Crippen molar-refractivity contribution in [1.82, 2.24) is 24.5 Å². The highest BCUT2D eigenvalue weighted by molar-refractivity contribution is 7.88. The summed E-state index contributed by atoms with van der Waals surface area (Å²) >= 11 is 0. The molecule has 3 heterocycles. The molecule has 7 nitrogen and oxygen atoms in total. The van der Waals surface area contributed by atoms with E-state index in [0.29, 0.717) is 18.9 Å². The topological polar surface area (TPSA) is 91.8 Å². The third-order valence-corrected chi connectivity index (χ3v) is 5.09. The van der Waals surface area contributed by atoms with Gasteiger partial charge in [-0.2, -0.15) is 5.10 Å². The van der Waals surface area contributed by atoms with Gasteiger partial charge in [-0.15, -0.1) is 0 Å². The van der Waals surface area contributed by atoms with Gasteiger partial charge in [-0.25, -0.2) is 22.7 Å². The van der Waals surface area contributed by atoms with Crippen LogP contribution in [-0.2, 0) is 10.0 Å². The first kappa shape index (κ1) is 15.1. The predicted octanol–water partition coefficient (Wildman–Crippen LogP) is 1.23. The van der Waals surface area contributed by atoms with Crippen LogP contribution in [0.4, 0.5) is 0 Å². The van der Waals surface area contributed by atoms with Crippen LogP contribution in [0.5, 0.6) is 0 Å². The van der Waals surface area contributed by atoms with Crippen molar-refractivity contribution >= 4 is 10.0 Å². The third kappa shape index (κ3) is 3.02. The van der Waals surface area contributed by atoms with Crippen LogP contribution < -0.4 is 0 Å². The molecule has 22 heavy (non-hydrogen) atoms. The molecule has 1 atom stereocenters. The fourth-order valence-electron chi connectivity index (χ4n) is 2.69. The van der Waals surface area contributed by atoms with Gasteiger partial charge in [0.2, 0.25) is 10.0 Å². The number of hydrogen-bond donors (Lipinski definition) is 1. The van der Waals surface area contributed by atoms with Crippen molar-refractivity contribution in [1.29, 1.82) is 0 Å². The van der Waals surface area contributed by atoms with Gasteiger partial charge in [-0.1, -0.05) is 0 Å². The van der Waals surface area contributed by atoms with Crippen LogP contribution >= 0.6 is 0 Å². The minimum Gasteiger partial charge on any atom is -0.282 e. The van der Waals surface area contributed by atoms with E-state index in [1.807, 2.05) is 26.0 Å². The zero-order valence-electron chi connectivity index (χ0n) is 12.9. The first-order chi connectivity index (χ1) is 10.3. The molecule has 1 saturated heterocycles. The minimum atomic E-state index is -3.15. The molecule has 8 heteroatoms. The Morgan fingerprint density at radius 3 is 2.59 bits per heavy atom. The molecule has 1 fully saturated rings. The van der Waals surface area contributed by atoms with E-state index < -0.39 is 10.0 Å². The molecule has 3 rings (SSSR count). The molecular formula is C14H19N5O2S. The van der Waals surface area contributed by atoms with E-state index in [4.69, 9.17) is 0 Å². The number of rotatable bonds is 3. The highest BCUT2D eigenvalue weighted by Gasteiger charge is 2.31. The number of aryl methyl sites for hydroxylation is 2. The largest absolute Gasteiger partial charge is 0.282 e. The molecule has 0 unspecified atom stereocenters. The summed E-state index contributed by atoms with van der Waals surface area (Å²) in [5.74, 6) is 0.732. The fraction of sp³-hybridized carbons (Fsp3) is 0.500. The summed E-state index contributed by atoms with van der Waals surface area (Å²) in [4.78, 5) is 9.09. The number of sulfonamides is 1. The molecule has 1 aliphatic rings. The van der Waals surface area contributed by atoms with E-state index in [9.17, 15) is 8.42 Å². The molecule has 0 aliphatic carbocycles. The highest BCUT2D eigenvalue weighted by atomic mass is 32.2. The Labute approximate surface area is 129 Å². The lowest BCUT2D eigenvalue weighted by molar-refractivity contribution is 0.476. The van der Waals surface area contributed by atoms with Gasteiger partial charge >= 0.3 is 0 Å². The van der Waals surface area contributed by atoms with E-state index in [1.54, 1.807) is 0 Å². The van der Waals surface area contributed by atoms with Crippen molar-refractivity contribution in [3.05, 3.63) is 29.3 Å². The van der Waals surface area contributed by atoms with Crippen LogP contribution in [0.3, 0.4) is 0 Å². The number of aromatic amines is 1. The summed E-state index contributed by atoms with van der Waals surface area (Å²) < 4.78 is 24.8. The second-order valence-corrected chi connectivity index (χ2v) is 7.78. The lowest BCUT2D eigenvalue weighted by Gasteiger charge is -2.13. The monoisotopic (exact) mass is 321 g/mol. The summed E-state index contributed by atoms with van der Waals surface area (Å²) in [6.45, 7) is 4.82. The van der Waals surface area contributed by atoms with Gasteiger partial charge in [0.15, 0.2) is 0 Å². The minimum absolute atomic E-state index is 0.0356. The zero-order valence-corrected chi connectivity index (χ0v) is 13.7. The Hall–Kier alpha value is -1.80. The molecule has 0 spiro atoms. The summed E-state index contributed by atoms with van der Waals surface area (Å²) in [6.07, 6.45) is 1.99. The molecule has 0 bridgehead atoms. The molecule has 0 saturated carbocycles. The van der Waals surface area contributed by atoms with Crippen LogP contribution in [0.1, 0.15) is 29.6 Å². The van der Waals surface area contributed by atoms with Gasteiger partial charge in [0, 0.05) is 30.4 Å².